The van der Waals surface area contributed by atoms with Crippen molar-refractivity contribution in [2.45, 2.75) is 63.3 Å². The molecular formula is C22H27NO2. The topological polar surface area (TPSA) is 41.5 Å². The molecule has 1 unspecified atom stereocenters. The summed E-state index contributed by atoms with van der Waals surface area (Å²) in [6.07, 6.45) is 7.21. The first-order chi connectivity index (χ1) is 12.3. The molecule has 0 amide bonds. The number of rotatable bonds is 4. The zero-order valence-corrected chi connectivity index (χ0v) is 14.7. The Morgan fingerprint density at radius 3 is 2.48 bits per heavy atom. The van der Waals surface area contributed by atoms with Gasteiger partial charge >= 0.3 is 0 Å². The van der Waals surface area contributed by atoms with Gasteiger partial charge in [0.15, 0.2) is 0 Å². The van der Waals surface area contributed by atoms with Crippen molar-refractivity contribution >= 4 is 0 Å². The average Bonchev–Trinajstić information content (AvgIpc) is 2.67. The summed E-state index contributed by atoms with van der Waals surface area (Å²) in [5.74, 6) is 1.04. The molecule has 1 spiro atoms. The number of benzene rings is 2. The number of para-hydroxylation sites is 1. The number of hydrogen-bond donors (Lipinski definition) is 2. The van der Waals surface area contributed by atoms with E-state index in [0.717, 1.165) is 37.1 Å². The Kier molecular flexibility index (Phi) is 4.78. The molecule has 3 nitrogen and oxygen atoms in total. The van der Waals surface area contributed by atoms with Crippen LogP contribution in [0, 0.1) is 0 Å². The highest BCUT2D eigenvalue weighted by Crippen LogP contribution is 2.46. The summed E-state index contributed by atoms with van der Waals surface area (Å²) in [5, 5.41) is 13.3. The SMILES string of the molecule is OCc1ccccc1CNC1CC2(CCCCC2)Oc2ccccc21. The molecule has 2 aromatic carbocycles. The molecule has 0 bridgehead atoms. The van der Waals surface area contributed by atoms with Crippen molar-refractivity contribution in [3.8, 4) is 5.75 Å². The number of nitrogens with one attached hydrogen (secondary N) is 1. The number of ether oxygens (including phenoxy) is 1. The van der Waals surface area contributed by atoms with E-state index in [2.05, 4.69) is 35.6 Å². The monoisotopic (exact) mass is 337 g/mol. The Bertz CT molecular complexity index is 721. The van der Waals surface area contributed by atoms with Gasteiger partial charge in [-0.2, -0.15) is 0 Å². The predicted octanol–water partition coefficient (Wildman–Crippen LogP) is 4.50. The van der Waals surface area contributed by atoms with E-state index in [4.69, 9.17) is 4.74 Å². The van der Waals surface area contributed by atoms with Gasteiger partial charge in [-0.25, -0.2) is 0 Å². The fourth-order valence-corrected chi connectivity index (χ4v) is 4.42. The Hall–Kier alpha value is -1.84. The number of aliphatic hydroxyl groups is 1. The zero-order valence-electron chi connectivity index (χ0n) is 14.7. The van der Waals surface area contributed by atoms with Crippen molar-refractivity contribution in [2.75, 3.05) is 0 Å². The second kappa shape index (κ2) is 7.19. The van der Waals surface area contributed by atoms with Gasteiger partial charge in [-0.1, -0.05) is 48.9 Å². The maximum absolute atomic E-state index is 9.56. The van der Waals surface area contributed by atoms with E-state index >= 15 is 0 Å². The smallest absolute Gasteiger partial charge is 0.124 e. The molecule has 1 heterocycles. The molecule has 1 atom stereocenters. The van der Waals surface area contributed by atoms with Crippen LogP contribution in [0.1, 0.15) is 61.3 Å². The average molecular weight is 337 g/mol. The van der Waals surface area contributed by atoms with Crippen LogP contribution < -0.4 is 10.1 Å². The van der Waals surface area contributed by atoms with Gasteiger partial charge in [0.2, 0.25) is 0 Å². The fourth-order valence-electron chi connectivity index (χ4n) is 4.42. The van der Waals surface area contributed by atoms with Crippen molar-refractivity contribution in [3.63, 3.8) is 0 Å². The third-order valence-corrected chi connectivity index (χ3v) is 5.79. The molecule has 1 fully saturated rings. The molecule has 1 aliphatic carbocycles. The lowest BCUT2D eigenvalue weighted by atomic mass is 9.77. The molecule has 2 aliphatic rings. The molecule has 0 radical (unpaired) electrons. The Morgan fingerprint density at radius 2 is 1.68 bits per heavy atom. The van der Waals surface area contributed by atoms with Crippen molar-refractivity contribution in [3.05, 3.63) is 65.2 Å². The van der Waals surface area contributed by atoms with Gasteiger partial charge in [-0.05, 0) is 42.9 Å². The van der Waals surface area contributed by atoms with E-state index in [9.17, 15) is 5.11 Å². The highest BCUT2D eigenvalue weighted by molar-refractivity contribution is 5.39. The van der Waals surface area contributed by atoms with Crippen LogP contribution in [0.5, 0.6) is 5.75 Å². The molecule has 1 aliphatic heterocycles. The summed E-state index contributed by atoms with van der Waals surface area (Å²) in [4.78, 5) is 0. The number of hydrogen-bond acceptors (Lipinski definition) is 3. The molecule has 0 saturated heterocycles. The highest BCUT2D eigenvalue weighted by atomic mass is 16.5. The maximum atomic E-state index is 9.56. The Morgan fingerprint density at radius 1 is 0.960 bits per heavy atom. The van der Waals surface area contributed by atoms with E-state index in [-0.39, 0.29) is 12.2 Å². The van der Waals surface area contributed by atoms with Gasteiger partial charge in [0.25, 0.3) is 0 Å². The second-order valence-electron chi connectivity index (χ2n) is 7.45. The Labute approximate surface area is 150 Å². The minimum absolute atomic E-state index is 0.000760. The predicted molar refractivity (Wildman–Crippen MR) is 99.4 cm³/mol. The molecule has 3 heteroatoms. The van der Waals surface area contributed by atoms with Crippen molar-refractivity contribution in [1.29, 1.82) is 0 Å². The number of aliphatic hydroxyl groups excluding tert-OH is 1. The van der Waals surface area contributed by atoms with Gasteiger partial charge in [0.1, 0.15) is 11.4 Å². The third-order valence-electron chi connectivity index (χ3n) is 5.79. The molecule has 1 saturated carbocycles. The third kappa shape index (κ3) is 3.44. The molecule has 2 N–H and O–H groups in total. The fraction of sp³-hybridized carbons (Fsp3) is 0.455. The Balaban J connectivity index is 1.57. The van der Waals surface area contributed by atoms with Crippen LogP contribution in [0.2, 0.25) is 0 Å². The van der Waals surface area contributed by atoms with Crippen LogP contribution in [-0.2, 0) is 13.2 Å². The van der Waals surface area contributed by atoms with Crippen LogP contribution in [0.3, 0.4) is 0 Å². The van der Waals surface area contributed by atoms with Gasteiger partial charge in [0.05, 0.1) is 6.61 Å². The lowest BCUT2D eigenvalue weighted by Gasteiger charge is -2.45. The van der Waals surface area contributed by atoms with E-state index in [1.54, 1.807) is 0 Å². The summed E-state index contributed by atoms with van der Waals surface area (Å²) < 4.78 is 6.51. The second-order valence-corrected chi connectivity index (χ2v) is 7.45. The van der Waals surface area contributed by atoms with Gasteiger partial charge < -0.3 is 15.2 Å². The van der Waals surface area contributed by atoms with Crippen LogP contribution in [-0.4, -0.2) is 10.7 Å². The maximum Gasteiger partial charge on any atom is 0.124 e. The summed E-state index contributed by atoms with van der Waals surface area (Å²) >= 11 is 0. The lowest BCUT2D eigenvalue weighted by molar-refractivity contribution is -0.00291. The number of fused-ring (bicyclic) bond motifs is 1. The van der Waals surface area contributed by atoms with Crippen LogP contribution in [0.25, 0.3) is 0 Å². The normalized spacial score (nSPS) is 21.6. The summed E-state index contributed by atoms with van der Waals surface area (Å²) in [7, 11) is 0. The minimum atomic E-state index is 0.000760. The molecule has 0 aromatic heterocycles. The van der Waals surface area contributed by atoms with Crippen molar-refractivity contribution in [1.82, 2.24) is 5.32 Å². The lowest BCUT2D eigenvalue weighted by Crippen LogP contribution is -2.45. The first-order valence-corrected chi connectivity index (χ1v) is 9.49. The largest absolute Gasteiger partial charge is 0.487 e. The molecule has 2 aromatic rings. The summed E-state index contributed by atoms with van der Waals surface area (Å²) in [6, 6.07) is 16.9. The zero-order chi connectivity index (χ0) is 17.1. The first-order valence-electron chi connectivity index (χ1n) is 9.49. The highest BCUT2D eigenvalue weighted by Gasteiger charge is 2.41. The standard InChI is InChI=1S/C22H27NO2/c24-16-18-9-3-2-8-17(18)15-23-20-14-22(12-6-1-7-13-22)25-21-11-5-4-10-19(20)21/h2-5,8-11,20,23-24H,1,6-7,12-16H2. The summed E-state index contributed by atoms with van der Waals surface area (Å²) in [6.45, 7) is 0.859. The van der Waals surface area contributed by atoms with E-state index in [1.165, 1.54) is 30.4 Å². The molecule has 132 valence electrons. The molecular weight excluding hydrogens is 310 g/mol. The van der Waals surface area contributed by atoms with Crippen molar-refractivity contribution < 1.29 is 9.84 Å². The molecule has 4 rings (SSSR count). The van der Waals surface area contributed by atoms with Gasteiger partial charge in [-0.3, -0.25) is 0 Å². The molecule has 25 heavy (non-hydrogen) atoms. The summed E-state index contributed by atoms with van der Waals surface area (Å²) in [5.41, 5.74) is 3.44. The van der Waals surface area contributed by atoms with Crippen molar-refractivity contribution in [2.24, 2.45) is 0 Å². The quantitative estimate of drug-likeness (QED) is 0.863. The minimum Gasteiger partial charge on any atom is -0.487 e. The van der Waals surface area contributed by atoms with E-state index < -0.39 is 0 Å². The first kappa shape index (κ1) is 16.6. The van der Waals surface area contributed by atoms with Crippen LogP contribution in [0.4, 0.5) is 0 Å². The van der Waals surface area contributed by atoms with Gasteiger partial charge in [0, 0.05) is 24.6 Å². The van der Waals surface area contributed by atoms with E-state index in [1.807, 2.05) is 18.2 Å². The van der Waals surface area contributed by atoms with Crippen LogP contribution in [0.15, 0.2) is 48.5 Å². The van der Waals surface area contributed by atoms with Gasteiger partial charge in [-0.15, -0.1) is 0 Å². The van der Waals surface area contributed by atoms with Crippen LogP contribution >= 0.6 is 0 Å². The van der Waals surface area contributed by atoms with E-state index in [0.29, 0.717) is 6.04 Å².